The fourth-order valence-electron chi connectivity index (χ4n) is 3.68. The number of carbonyl (C=O) groups excluding carboxylic acids is 1. The Morgan fingerprint density at radius 1 is 1.26 bits per heavy atom. The van der Waals surface area contributed by atoms with Crippen LogP contribution in [0, 0.1) is 10.1 Å². The number of nitro groups is 1. The molecule has 1 fully saturated rings. The van der Waals surface area contributed by atoms with Gasteiger partial charge in [-0.25, -0.2) is 4.98 Å². The van der Waals surface area contributed by atoms with Gasteiger partial charge in [0.1, 0.15) is 5.75 Å². The van der Waals surface area contributed by atoms with Crippen LogP contribution in [-0.4, -0.2) is 67.2 Å². The molecule has 0 N–H and O–H groups in total. The maximum atomic E-state index is 13.2. The lowest BCUT2D eigenvalue weighted by Crippen LogP contribution is -2.39. The minimum atomic E-state index is -0.447. The molecular formula is C24H26N4O5S. The SMILES string of the molecule is COc1ccc2sc(N(CCCN3CCOCC3)C(=O)/C=C/c3ccc([N+](=O)[O-])cc3)nc2c1. The summed E-state index contributed by atoms with van der Waals surface area (Å²) < 4.78 is 11.7. The first-order chi connectivity index (χ1) is 16.5. The molecule has 0 bridgehead atoms. The van der Waals surface area contributed by atoms with Crippen LogP contribution in [-0.2, 0) is 9.53 Å². The van der Waals surface area contributed by atoms with Crippen molar-refractivity contribution in [2.24, 2.45) is 0 Å². The quantitative estimate of drug-likeness (QED) is 0.258. The number of methoxy groups -OCH3 is 1. The molecule has 3 aromatic rings. The first kappa shape index (κ1) is 23.8. The van der Waals surface area contributed by atoms with Crippen molar-refractivity contribution in [2.45, 2.75) is 6.42 Å². The molecule has 0 radical (unpaired) electrons. The van der Waals surface area contributed by atoms with E-state index in [2.05, 4.69) is 4.90 Å². The van der Waals surface area contributed by atoms with E-state index >= 15 is 0 Å². The highest BCUT2D eigenvalue weighted by atomic mass is 32.1. The Bertz CT molecular complexity index is 1170. The molecule has 4 rings (SSSR count). The molecule has 0 atom stereocenters. The lowest BCUT2D eigenvalue weighted by Gasteiger charge is -2.27. The van der Waals surface area contributed by atoms with Crippen molar-refractivity contribution in [3.63, 3.8) is 0 Å². The maximum Gasteiger partial charge on any atom is 0.269 e. The fraction of sp³-hybridized carbons (Fsp3) is 0.333. The summed E-state index contributed by atoms with van der Waals surface area (Å²) in [4.78, 5) is 32.3. The van der Waals surface area contributed by atoms with Gasteiger partial charge in [0, 0.05) is 50.5 Å². The summed E-state index contributed by atoms with van der Waals surface area (Å²) in [7, 11) is 1.61. The zero-order chi connectivity index (χ0) is 23.9. The predicted octanol–water partition coefficient (Wildman–Crippen LogP) is 3.98. The molecule has 1 saturated heterocycles. The zero-order valence-electron chi connectivity index (χ0n) is 18.9. The van der Waals surface area contributed by atoms with Gasteiger partial charge in [0.05, 0.1) is 35.5 Å². The van der Waals surface area contributed by atoms with Crippen molar-refractivity contribution in [1.82, 2.24) is 9.88 Å². The highest BCUT2D eigenvalue weighted by Crippen LogP contribution is 2.31. The van der Waals surface area contributed by atoms with E-state index in [4.69, 9.17) is 14.5 Å². The van der Waals surface area contributed by atoms with Crippen LogP contribution >= 0.6 is 11.3 Å². The monoisotopic (exact) mass is 482 g/mol. The Balaban J connectivity index is 1.52. The largest absolute Gasteiger partial charge is 0.497 e. The number of fused-ring (bicyclic) bond motifs is 1. The second kappa shape index (κ2) is 11.2. The number of benzene rings is 2. The van der Waals surface area contributed by atoms with E-state index in [9.17, 15) is 14.9 Å². The van der Waals surface area contributed by atoms with Gasteiger partial charge >= 0.3 is 0 Å². The van der Waals surface area contributed by atoms with Gasteiger partial charge in [-0.15, -0.1) is 0 Å². The summed E-state index contributed by atoms with van der Waals surface area (Å²) in [6.07, 6.45) is 3.95. The number of thiazole rings is 1. The maximum absolute atomic E-state index is 13.2. The number of nitrogens with zero attached hydrogens (tertiary/aromatic N) is 4. The Labute approximate surface area is 201 Å². The second-order valence-electron chi connectivity index (χ2n) is 7.81. The van der Waals surface area contributed by atoms with Crippen LogP contribution in [0.3, 0.4) is 0 Å². The summed E-state index contributed by atoms with van der Waals surface area (Å²) in [5, 5.41) is 11.5. The van der Waals surface area contributed by atoms with E-state index in [1.807, 2.05) is 18.2 Å². The van der Waals surface area contributed by atoms with Gasteiger partial charge in [0.15, 0.2) is 5.13 Å². The number of hydrogen-bond donors (Lipinski definition) is 0. The number of ether oxygens (including phenoxy) is 2. The second-order valence-corrected chi connectivity index (χ2v) is 8.82. The molecule has 0 aliphatic carbocycles. The highest BCUT2D eigenvalue weighted by molar-refractivity contribution is 7.22. The van der Waals surface area contributed by atoms with Crippen molar-refractivity contribution < 1.29 is 19.2 Å². The Morgan fingerprint density at radius 3 is 2.74 bits per heavy atom. The molecule has 1 aliphatic heterocycles. The Morgan fingerprint density at radius 2 is 2.03 bits per heavy atom. The molecule has 10 heteroatoms. The third-order valence-electron chi connectivity index (χ3n) is 5.56. The summed E-state index contributed by atoms with van der Waals surface area (Å²) in [6, 6.07) is 11.8. The molecule has 9 nitrogen and oxygen atoms in total. The Kier molecular flexibility index (Phi) is 7.84. The fourth-order valence-corrected chi connectivity index (χ4v) is 4.66. The number of amides is 1. The van der Waals surface area contributed by atoms with Crippen LogP contribution < -0.4 is 9.64 Å². The smallest absolute Gasteiger partial charge is 0.269 e. The van der Waals surface area contributed by atoms with Crippen molar-refractivity contribution in [3.05, 3.63) is 64.2 Å². The lowest BCUT2D eigenvalue weighted by atomic mass is 10.2. The molecule has 0 saturated carbocycles. The van der Waals surface area contributed by atoms with E-state index < -0.39 is 4.92 Å². The topological polar surface area (TPSA) is 98.0 Å². The Hall–Kier alpha value is -3.34. The van der Waals surface area contributed by atoms with E-state index in [1.54, 1.807) is 30.2 Å². The van der Waals surface area contributed by atoms with Gasteiger partial charge in [-0.05, 0) is 42.3 Å². The molecular weight excluding hydrogens is 456 g/mol. The van der Waals surface area contributed by atoms with Gasteiger partial charge < -0.3 is 9.47 Å². The summed E-state index contributed by atoms with van der Waals surface area (Å²) in [6.45, 7) is 4.67. The molecule has 0 unspecified atom stereocenters. The number of hydrogen-bond acceptors (Lipinski definition) is 8. The number of anilines is 1. The van der Waals surface area contributed by atoms with Crippen LogP contribution in [0.4, 0.5) is 10.8 Å². The third-order valence-corrected chi connectivity index (χ3v) is 6.62. The van der Waals surface area contributed by atoms with Gasteiger partial charge in [-0.1, -0.05) is 11.3 Å². The first-order valence-electron chi connectivity index (χ1n) is 11.0. The molecule has 0 spiro atoms. The standard InChI is InChI=1S/C24H26N4O5S/c1-32-20-8-9-22-21(17-20)25-24(34-22)27(12-2-11-26-13-15-33-16-14-26)23(29)10-5-18-3-6-19(7-4-18)28(30)31/h3-10,17H,2,11-16H2,1H3/b10-5+. The first-order valence-corrected chi connectivity index (χ1v) is 11.8. The number of rotatable bonds is 9. The van der Waals surface area contributed by atoms with Crippen LogP contribution in [0.15, 0.2) is 48.5 Å². The van der Waals surface area contributed by atoms with Gasteiger partial charge in [-0.3, -0.25) is 24.7 Å². The number of non-ortho nitro benzene ring substituents is 1. The van der Waals surface area contributed by atoms with Crippen LogP contribution in [0.5, 0.6) is 5.75 Å². The zero-order valence-corrected chi connectivity index (χ0v) is 19.7. The number of nitro benzene ring substituents is 1. The number of morpholine rings is 1. The molecule has 34 heavy (non-hydrogen) atoms. The van der Waals surface area contributed by atoms with Crippen molar-refractivity contribution in [1.29, 1.82) is 0 Å². The van der Waals surface area contributed by atoms with Gasteiger partial charge in [0.2, 0.25) is 0 Å². The minimum absolute atomic E-state index is 0.0121. The van der Waals surface area contributed by atoms with Crippen molar-refractivity contribution in [3.8, 4) is 5.75 Å². The normalized spacial score (nSPS) is 14.5. The summed E-state index contributed by atoms with van der Waals surface area (Å²) >= 11 is 1.46. The van der Waals surface area contributed by atoms with Crippen LogP contribution in [0.25, 0.3) is 16.3 Å². The molecule has 1 aliphatic rings. The van der Waals surface area contributed by atoms with Crippen molar-refractivity contribution >= 4 is 44.4 Å². The molecule has 2 aromatic carbocycles. The van der Waals surface area contributed by atoms with Crippen molar-refractivity contribution in [2.75, 3.05) is 51.4 Å². The summed E-state index contributed by atoms with van der Waals surface area (Å²) in [5.41, 5.74) is 1.50. The molecule has 178 valence electrons. The number of carbonyl (C=O) groups is 1. The number of aromatic nitrogens is 1. The third kappa shape index (κ3) is 5.96. The van der Waals surface area contributed by atoms with E-state index in [0.29, 0.717) is 23.0 Å². The molecule has 1 aromatic heterocycles. The van der Waals surface area contributed by atoms with Gasteiger partial charge in [0.25, 0.3) is 11.6 Å². The summed E-state index contributed by atoms with van der Waals surface area (Å²) in [5.74, 6) is 0.527. The van der Waals surface area contributed by atoms with E-state index in [1.165, 1.54) is 29.5 Å². The average Bonchev–Trinajstić information content (AvgIpc) is 3.29. The highest BCUT2D eigenvalue weighted by Gasteiger charge is 2.19. The lowest BCUT2D eigenvalue weighted by molar-refractivity contribution is -0.384. The minimum Gasteiger partial charge on any atom is -0.497 e. The van der Waals surface area contributed by atoms with Crippen LogP contribution in [0.1, 0.15) is 12.0 Å². The predicted molar refractivity (Wildman–Crippen MR) is 133 cm³/mol. The molecule has 2 heterocycles. The van der Waals surface area contributed by atoms with Crippen LogP contribution in [0.2, 0.25) is 0 Å². The molecule has 1 amide bonds. The van der Waals surface area contributed by atoms with E-state index in [0.717, 1.165) is 49.5 Å². The average molecular weight is 483 g/mol. The van der Waals surface area contributed by atoms with Gasteiger partial charge in [-0.2, -0.15) is 0 Å². The van der Waals surface area contributed by atoms with E-state index in [-0.39, 0.29) is 11.6 Å².